The SMILES string of the molecule is CCCNC(C)c1ccc2ccccc2c1OCCC. The van der Waals surface area contributed by atoms with Crippen LogP contribution in [0.25, 0.3) is 10.8 Å². The maximum atomic E-state index is 6.06. The minimum absolute atomic E-state index is 0.311. The maximum absolute atomic E-state index is 6.06. The Kier molecular flexibility index (Phi) is 5.42. The van der Waals surface area contributed by atoms with Gasteiger partial charge in [-0.25, -0.2) is 0 Å². The fraction of sp³-hybridized carbons (Fsp3) is 0.444. The third-order valence-corrected chi connectivity index (χ3v) is 3.53. The Balaban J connectivity index is 2.41. The number of rotatable bonds is 7. The van der Waals surface area contributed by atoms with Crippen molar-refractivity contribution in [2.75, 3.05) is 13.2 Å². The summed E-state index contributed by atoms with van der Waals surface area (Å²) in [6, 6.07) is 13.1. The van der Waals surface area contributed by atoms with E-state index in [1.54, 1.807) is 0 Å². The first kappa shape index (κ1) is 14.9. The average Bonchev–Trinajstić information content (AvgIpc) is 2.50. The Bertz CT molecular complexity index is 550. The summed E-state index contributed by atoms with van der Waals surface area (Å²) in [6.07, 6.45) is 2.17. The first-order valence-electron chi connectivity index (χ1n) is 7.65. The van der Waals surface area contributed by atoms with E-state index in [9.17, 15) is 0 Å². The molecule has 0 fully saturated rings. The van der Waals surface area contributed by atoms with Crippen LogP contribution < -0.4 is 10.1 Å². The third kappa shape index (κ3) is 3.31. The zero-order chi connectivity index (χ0) is 14.4. The van der Waals surface area contributed by atoms with E-state index < -0.39 is 0 Å². The van der Waals surface area contributed by atoms with Crippen molar-refractivity contribution in [2.24, 2.45) is 0 Å². The molecule has 1 N–H and O–H groups in total. The van der Waals surface area contributed by atoms with E-state index in [-0.39, 0.29) is 0 Å². The van der Waals surface area contributed by atoms with Gasteiger partial charge in [0.1, 0.15) is 5.75 Å². The number of hydrogen-bond donors (Lipinski definition) is 1. The van der Waals surface area contributed by atoms with Crippen LogP contribution in [0.3, 0.4) is 0 Å². The molecule has 20 heavy (non-hydrogen) atoms. The van der Waals surface area contributed by atoms with Crippen LogP contribution >= 0.6 is 0 Å². The predicted molar refractivity (Wildman–Crippen MR) is 86.4 cm³/mol. The van der Waals surface area contributed by atoms with Gasteiger partial charge in [0.15, 0.2) is 0 Å². The fourth-order valence-electron chi connectivity index (χ4n) is 2.44. The van der Waals surface area contributed by atoms with Gasteiger partial charge in [-0.2, -0.15) is 0 Å². The summed E-state index contributed by atoms with van der Waals surface area (Å²) < 4.78 is 6.06. The monoisotopic (exact) mass is 271 g/mol. The van der Waals surface area contributed by atoms with Crippen molar-refractivity contribution in [2.45, 2.75) is 39.7 Å². The Morgan fingerprint density at radius 3 is 2.60 bits per heavy atom. The Hall–Kier alpha value is -1.54. The van der Waals surface area contributed by atoms with Crippen LogP contribution in [0.4, 0.5) is 0 Å². The molecule has 0 aliphatic carbocycles. The minimum atomic E-state index is 0.311. The molecule has 0 aliphatic rings. The van der Waals surface area contributed by atoms with Gasteiger partial charge < -0.3 is 10.1 Å². The summed E-state index contributed by atoms with van der Waals surface area (Å²) in [5.41, 5.74) is 1.26. The van der Waals surface area contributed by atoms with Gasteiger partial charge in [0.2, 0.25) is 0 Å². The molecule has 0 aliphatic heterocycles. The highest BCUT2D eigenvalue weighted by atomic mass is 16.5. The summed E-state index contributed by atoms with van der Waals surface area (Å²) in [6.45, 7) is 8.33. The standard InChI is InChI=1S/C18H25NO/c1-4-12-19-14(3)16-11-10-15-8-6-7-9-17(15)18(16)20-13-5-2/h6-11,14,19H,4-5,12-13H2,1-3H3. The largest absolute Gasteiger partial charge is 0.493 e. The third-order valence-electron chi connectivity index (χ3n) is 3.53. The van der Waals surface area contributed by atoms with Crippen LogP contribution in [0.5, 0.6) is 5.75 Å². The molecule has 0 amide bonds. The molecule has 0 radical (unpaired) electrons. The lowest BCUT2D eigenvalue weighted by Crippen LogP contribution is -2.20. The second-order valence-corrected chi connectivity index (χ2v) is 5.23. The molecule has 108 valence electrons. The molecular formula is C18H25NO. The first-order valence-corrected chi connectivity index (χ1v) is 7.65. The summed E-state index contributed by atoms with van der Waals surface area (Å²) in [4.78, 5) is 0. The van der Waals surface area contributed by atoms with Gasteiger partial charge in [-0.1, -0.05) is 50.2 Å². The van der Waals surface area contributed by atoms with Gasteiger partial charge in [-0.15, -0.1) is 0 Å². The van der Waals surface area contributed by atoms with Crippen molar-refractivity contribution in [1.82, 2.24) is 5.32 Å². The molecule has 0 heterocycles. The molecule has 2 aromatic carbocycles. The molecule has 0 aromatic heterocycles. The van der Waals surface area contributed by atoms with E-state index in [4.69, 9.17) is 4.74 Å². The van der Waals surface area contributed by atoms with Crippen molar-refractivity contribution < 1.29 is 4.74 Å². The number of ether oxygens (including phenoxy) is 1. The molecule has 0 saturated carbocycles. The van der Waals surface area contributed by atoms with Gasteiger partial charge in [0.25, 0.3) is 0 Å². The second kappa shape index (κ2) is 7.30. The molecule has 2 aromatic rings. The second-order valence-electron chi connectivity index (χ2n) is 5.23. The number of benzene rings is 2. The van der Waals surface area contributed by atoms with Gasteiger partial charge in [-0.3, -0.25) is 0 Å². The van der Waals surface area contributed by atoms with Crippen LogP contribution in [0, 0.1) is 0 Å². The van der Waals surface area contributed by atoms with Crippen molar-refractivity contribution in [3.8, 4) is 5.75 Å². The molecule has 1 unspecified atom stereocenters. The van der Waals surface area contributed by atoms with Crippen LogP contribution in [0.1, 0.15) is 45.2 Å². The van der Waals surface area contributed by atoms with Crippen LogP contribution in [-0.4, -0.2) is 13.2 Å². The lowest BCUT2D eigenvalue weighted by molar-refractivity contribution is 0.314. The van der Waals surface area contributed by atoms with Gasteiger partial charge in [0, 0.05) is 17.0 Å². The summed E-state index contributed by atoms with van der Waals surface area (Å²) in [5, 5.41) is 6.00. The minimum Gasteiger partial charge on any atom is -0.493 e. The lowest BCUT2D eigenvalue weighted by Gasteiger charge is -2.20. The highest BCUT2D eigenvalue weighted by Crippen LogP contribution is 2.33. The van der Waals surface area contributed by atoms with Crippen LogP contribution in [-0.2, 0) is 0 Å². The number of fused-ring (bicyclic) bond motifs is 1. The van der Waals surface area contributed by atoms with Gasteiger partial charge in [0.05, 0.1) is 6.61 Å². The Morgan fingerprint density at radius 1 is 1.05 bits per heavy atom. The van der Waals surface area contributed by atoms with E-state index in [2.05, 4.69) is 62.5 Å². The van der Waals surface area contributed by atoms with Gasteiger partial charge in [-0.05, 0) is 31.7 Å². The summed E-state index contributed by atoms with van der Waals surface area (Å²) >= 11 is 0. The quantitative estimate of drug-likeness (QED) is 0.789. The van der Waals surface area contributed by atoms with Crippen LogP contribution in [0.15, 0.2) is 36.4 Å². The van der Waals surface area contributed by atoms with E-state index in [1.165, 1.54) is 16.3 Å². The van der Waals surface area contributed by atoms with E-state index in [0.29, 0.717) is 6.04 Å². The molecule has 0 spiro atoms. The van der Waals surface area contributed by atoms with Crippen molar-refractivity contribution >= 4 is 10.8 Å². The van der Waals surface area contributed by atoms with E-state index >= 15 is 0 Å². The molecule has 2 rings (SSSR count). The maximum Gasteiger partial charge on any atom is 0.131 e. The first-order chi connectivity index (χ1) is 9.77. The van der Waals surface area contributed by atoms with Crippen molar-refractivity contribution in [3.63, 3.8) is 0 Å². The summed E-state index contributed by atoms with van der Waals surface area (Å²) in [5.74, 6) is 1.04. The van der Waals surface area contributed by atoms with Crippen LogP contribution in [0.2, 0.25) is 0 Å². The molecular weight excluding hydrogens is 246 g/mol. The number of nitrogens with one attached hydrogen (secondary N) is 1. The smallest absolute Gasteiger partial charge is 0.131 e. The molecule has 2 heteroatoms. The predicted octanol–water partition coefficient (Wildman–Crippen LogP) is 4.69. The Morgan fingerprint density at radius 2 is 1.85 bits per heavy atom. The van der Waals surface area contributed by atoms with Crippen molar-refractivity contribution in [1.29, 1.82) is 0 Å². The van der Waals surface area contributed by atoms with Gasteiger partial charge >= 0.3 is 0 Å². The molecule has 1 atom stereocenters. The molecule has 0 saturated heterocycles. The number of hydrogen-bond acceptors (Lipinski definition) is 2. The summed E-state index contributed by atoms with van der Waals surface area (Å²) in [7, 11) is 0. The Labute approximate surface area is 122 Å². The highest BCUT2D eigenvalue weighted by Gasteiger charge is 2.14. The fourth-order valence-corrected chi connectivity index (χ4v) is 2.44. The zero-order valence-corrected chi connectivity index (χ0v) is 12.8. The van der Waals surface area contributed by atoms with E-state index in [0.717, 1.165) is 31.7 Å². The highest BCUT2D eigenvalue weighted by molar-refractivity contribution is 5.89. The molecule has 2 nitrogen and oxygen atoms in total. The average molecular weight is 271 g/mol. The molecule has 0 bridgehead atoms. The van der Waals surface area contributed by atoms with E-state index in [1.807, 2.05) is 0 Å². The van der Waals surface area contributed by atoms with Crippen molar-refractivity contribution in [3.05, 3.63) is 42.0 Å². The topological polar surface area (TPSA) is 21.3 Å². The normalized spacial score (nSPS) is 12.6. The zero-order valence-electron chi connectivity index (χ0n) is 12.8. The lowest BCUT2D eigenvalue weighted by atomic mass is 10.0.